The fourth-order valence-corrected chi connectivity index (χ4v) is 10.3. The number of imide groups is 2. The summed E-state index contributed by atoms with van der Waals surface area (Å²) in [7, 11) is 1.32. The number of hydrogen-bond acceptors (Lipinski definition) is 7. The van der Waals surface area contributed by atoms with Gasteiger partial charge in [0.05, 0.1) is 18.9 Å². The highest BCUT2D eigenvalue weighted by molar-refractivity contribution is 6.58. The zero-order valence-corrected chi connectivity index (χ0v) is 31.7. The summed E-state index contributed by atoms with van der Waals surface area (Å²) in [5.74, 6) is -20.7. The molecule has 0 radical (unpaired) electrons. The van der Waals surface area contributed by atoms with Gasteiger partial charge in [-0.15, -0.1) is 23.2 Å². The predicted octanol–water partition coefficient (Wildman–Crippen LogP) is 6.87. The Kier molecular flexibility index (Phi) is 9.76. The number of amides is 4. The maximum atomic E-state index is 15.3. The summed E-state index contributed by atoms with van der Waals surface area (Å²) in [6.07, 6.45) is 5.00. The third kappa shape index (κ3) is 5.80. The fraction of sp³-hybridized carbons (Fsp3) is 0.366. The standard InChI is InChI=1S/C41H34Cl2F5N3O6/c1-57-28-17-20(8-12-27(28)52)7-11-26-23-9-10-24-29(37(54)50(36(24)53)22-13-15-49(16-14-22)19-21-5-3-2-4-6-21)25(23)18-40(42)38(55)51(39(56)41(26,40)43)35-33(47)31(45)30(44)32(46)34(35)48/h2-9,11-12,17,22,24-26,29,52H,10,13-16,18-19H2,1H3/t24-,25+,26-,29-,40+,41-/m0/s1. The van der Waals surface area contributed by atoms with Gasteiger partial charge in [0.1, 0.15) is 5.69 Å². The van der Waals surface area contributed by atoms with E-state index in [4.69, 9.17) is 27.9 Å². The molecule has 298 valence electrons. The molecule has 0 bridgehead atoms. The van der Waals surface area contributed by atoms with Crippen LogP contribution in [0.3, 0.4) is 0 Å². The lowest BCUT2D eigenvalue weighted by Crippen LogP contribution is -2.60. The zero-order valence-electron chi connectivity index (χ0n) is 30.2. The number of piperidine rings is 1. The van der Waals surface area contributed by atoms with Crippen molar-refractivity contribution in [2.24, 2.45) is 23.7 Å². The molecule has 6 atom stereocenters. The number of likely N-dealkylation sites (tertiary alicyclic amines) is 2. The number of allylic oxidation sites excluding steroid dienone is 3. The molecule has 0 aromatic heterocycles. The van der Waals surface area contributed by atoms with Crippen LogP contribution in [0.2, 0.25) is 0 Å². The quantitative estimate of drug-likeness (QED) is 0.0692. The molecule has 1 saturated carbocycles. The van der Waals surface area contributed by atoms with Gasteiger partial charge in [-0.05, 0) is 54.9 Å². The molecule has 2 aliphatic carbocycles. The Bertz CT molecular complexity index is 2260. The van der Waals surface area contributed by atoms with Crippen LogP contribution in [0.25, 0.3) is 6.08 Å². The van der Waals surface area contributed by atoms with Crippen LogP contribution in [0.15, 0.2) is 66.3 Å². The van der Waals surface area contributed by atoms with E-state index in [1.54, 1.807) is 6.08 Å². The number of rotatable bonds is 7. The van der Waals surface area contributed by atoms with E-state index in [2.05, 4.69) is 4.90 Å². The van der Waals surface area contributed by atoms with E-state index in [1.807, 2.05) is 30.3 Å². The number of methoxy groups -OCH3 is 1. The molecule has 1 N–H and O–H groups in total. The highest BCUT2D eigenvalue weighted by Crippen LogP contribution is 2.64. The van der Waals surface area contributed by atoms with Crippen LogP contribution in [-0.2, 0) is 25.7 Å². The number of phenols is 1. The Morgan fingerprint density at radius 3 is 2.16 bits per heavy atom. The highest BCUT2D eigenvalue weighted by Gasteiger charge is 2.76. The summed E-state index contributed by atoms with van der Waals surface area (Å²) in [5.41, 5.74) is 0.0226. The maximum Gasteiger partial charge on any atom is 0.258 e. The average Bonchev–Trinajstić information content (AvgIpc) is 3.55. The summed E-state index contributed by atoms with van der Waals surface area (Å²) in [4.78, 5) is 55.5. The van der Waals surface area contributed by atoms with Crippen molar-refractivity contribution in [3.63, 3.8) is 0 Å². The number of nitrogens with zero attached hydrogens (tertiary/aromatic N) is 3. The third-order valence-corrected chi connectivity index (χ3v) is 13.6. The second-order valence-electron chi connectivity index (χ2n) is 15.1. The molecule has 5 aliphatic rings. The molecule has 3 heterocycles. The van der Waals surface area contributed by atoms with Crippen LogP contribution < -0.4 is 9.64 Å². The number of phenolic OH excluding ortho intramolecular Hbond substituents is 1. The minimum atomic E-state index is -2.63. The van der Waals surface area contributed by atoms with Crippen LogP contribution in [0.5, 0.6) is 11.5 Å². The SMILES string of the molecule is COc1cc(C=C[C@H]2C3=CC[C@@H]4C(=O)N(C5CCN(Cc6ccccc6)CC5)C(=O)[C@@H]4[C@@H]3C[C@@]3(Cl)C(=O)N(c4c(F)c(F)c(F)c(F)c4F)C(=O)[C@@]23Cl)ccc1O. The van der Waals surface area contributed by atoms with Gasteiger partial charge in [0.15, 0.2) is 44.5 Å². The van der Waals surface area contributed by atoms with Crippen molar-refractivity contribution in [2.45, 2.75) is 48.0 Å². The van der Waals surface area contributed by atoms with Gasteiger partial charge < -0.3 is 9.84 Å². The Labute approximate surface area is 333 Å². The number of ether oxygens (including phenoxy) is 1. The smallest absolute Gasteiger partial charge is 0.258 e. The fourth-order valence-electron chi connectivity index (χ4n) is 9.38. The first-order valence-corrected chi connectivity index (χ1v) is 19.1. The number of halogens is 7. The second kappa shape index (κ2) is 14.2. The molecule has 3 aliphatic heterocycles. The van der Waals surface area contributed by atoms with Crippen molar-refractivity contribution in [1.82, 2.24) is 9.80 Å². The summed E-state index contributed by atoms with van der Waals surface area (Å²) in [5, 5.41) is 10.1. The van der Waals surface area contributed by atoms with Gasteiger partial charge in [0, 0.05) is 31.6 Å². The van der Waals surface area contributed by atoms with Crippen molar-refractivity contribution in [3.05, 3.63) is 106 Å². The molecule has 3 aromatic rings. The molecule has 16 heteroatoms. The van der Waals surface area contributed by atoms with Gasteiger partial charge in [-0.25, -0.2) is 26.9 Å². The number of carbonyl (C=O) groups is 4. The average molecular weight is 831 g/mol. The molecule has 9 nitrogen and oxygen atoms in total. The first-order chi connectivity index (χ1) is 27.1. The van der Waals surface area contributed by atoms with E-state index < -0.39 is 104 Å². The summed E-state index contributed by atoms with van der Waals surface area (Å²) < 4.78 is 79.0. The topological polar surface area (TPSA) is 107 Å². The van der Waals surface area contributed by atoms with E-state index in [1.165, 1.54) is 42.4 Å². The Balaban J connectivity index is 1.17. The molecule has 57 heavy (non-hydrogen) atoms. The van der Waals surface area contributed by atoms with Crippen LogP contribution >= 0.6 is 23.2 Å². The molecule has 4 amide bonds. The Hall–Kier alpha value is -4.79. The maximum absolute atomic E-state index is 15.3. The monoisotopic (exact) mass is 829 g/mol. The highest BCUT2D eigenvalue weighted by atomic mass is 35.5. The molecular weight excluding hydrogens is 796 g/mol. The molecule has 3 aromatic carbocycles. The molecular formula is C41H34Cl2F5N3O6. The van der Waals surface area contributed by atoms with Gasteiger partial charge in [-0.1, -0.05) is 60.2 Å². The zero-order chi connectivity index (χ0) is 40.7. The van der Waals surface area contributed by atoms with Crippen LogP contribution in [0, 0.1) is 52.8 Å². The van der Waals surface area contributed by atoms with Gasteiger partial charge >= 0.3 is 0 Å². The van der Waals surface area contributed by atoms with Crippen LogP contribution in [-0.4, -0.2) is 74.5 Å². The number of benzene rings is 3. The number of carbonyl (C=O) groups excluding carboxylic acids is 4. The van der Waals surface area contributed by atoms with Crippen molar-refractivity contribution >= 4 is 58.6 Å². The third-order valence-electron chi connectivity index (χ3n) is 12.2. The van der Waals surface area contributed by atoms with Gasteiger partial charge in [-0.2, -0.15) is 0 Å². The molecule has 0 spiro atoms. The Morgan fingerprint density at radius 2 is 1.51 bits per heavy atom. The summed E-state index contributed by atoms with van der Waals surface area (Å²) in [6.45, 7) is 1.95. The van der Waals surface area contributed by atoms with Crippen LogP contribution in [0.4, 0.5) is 27.6 Å². The number of aromatic hydroxyl groups is 1. The van der Waals surface area contributed by atoms with Gasteiger partial charge in [0.25, 0.3) is 11.8 Å². The van der Waals surface area contributed by atoms with Crippen molar-refractivity contribution in [3.8, 4) is 11.5 Å². The largest absolute Gasteiger partial charge is 0.504 e. The summed E-state index contributed by atoms with van der Waals surface area (Å²) in [6, 6.07) is 13.7. The van der Waals surface area contributed by atoms with E-state index in [9.17, 15) is 37.5 Å². The lowest BCUT2D eigenvalue weighted by molar-refractivity contribution is -0.144. The van der Waals surface area contributed by atoms with Crippen molar-refractivity contribution < 1.29 is 51.0 Å². The van der Waals surface area contributed by atoms with Crippen LogP contribution in [0.1, 0.15) is 36.8 Å². The van der Waals surface area contributed by atoms with Gasteiger partial charge in [-0.3, -0.25) is 29.0 Å². The first-order valence-electron chi connectivity index (χ1n) is 18.3. The van der Waals surface area contributed by atoms with E-state index >= 15 is 8.78 Å². The molecule has 8 rings (SSSR count). The normalized spacial score (nSPS) is 29.2. The lowest BCUT2D eigenvalue weighted by Gasteiger charge is -2.49. The van der Waals surface area contributed by atoms with Crippen molar-refractivity contribution in [2.75, 3.05) is 25.1 Å². The number of fused-ring (bicyclic) bond motifs is 4. The molecule has 4 fully saturated rings. The van der Waals surface area contributed by atoms with Crippen molar-refractivity contribution in [1.29, 1.82) is 0 Å². The minimum absolute atomic E-state index is 0.0492. The van der Waals surface area contributed by atoms with E-state index in [-0.39, 0.29) is 22.8 Å². The number of hydrogen-bond donors (Lipinski definition) is 1. The second-order valence-corrected chi connectivity index (χ2v) is 16.3. The number of alkyl halides is 2. The van der Waals surface area contributed by atoms with E-state index in [0.29, 0.717) is 43.6 Å². The lowest BCUT2D eigenvalue weighted by atomic mass is 9.57. The predicted molar refractivity (Wildman–Crippen MR) is 197 cm³/mol. The first kappa shape index (κ1) is 39.1. The molecule has 3 saturated heterocycles. The van der Waals surface area contributed by atoms with E-state index in [0.717, 1.165) is 5.56 Å². The summed E-state index contributed by atoms with van der Waals surface area (Å²) >= 11 is 14.4. The van der Waals surface area contributed by atoms with Gasteiger partial charge in [0.2, 0.25) is 17.6 Å². The number of anilines is 1. The molecule has 0 unspecified atom stereocenters. The minimum Gasteiger partial charge on any atom is -0.504 e. The Morgan fingerprint density at radius 1 is 0.860 bits per heavy atom.